The van der Waals surface area contributed by atoms with Crippen molar-refractivity contribution in [3.05, 3.63) is 84.6 Å². The quantitative estimate of drug-likeness (QED) is 0.268. The minimum atomic E-state index is -4.09. The topological polar surface area (TPSA) is 138 Å². The Labute approximate surface area is 217 Å². The highest BCUT2D eigenvalue weighted by molar-refractivity contribution is 7.89. The molecule has 4 rings (SSSR count). The molecule has 2 atom stereocenters. The fraction of sp³-hybridized carbons (Fsp3) is 0.308. The lowest BCUT2D eigenvalue weighted by atomic mass is 9.69. The summed E-state index contributed by atoms with van der Waals surface area (Å²) in [5.74, 6) is -0.419. The maximum Gasteiger partial charge on any atom is 0.475 e. The second-order valence-electron chi connectivity index (χ2n) is 9.17. The maximum absolute atomic E-state index is 13.2. The van der Waals surface area contributed by atoms with E-state index in [9.17, 15) is 23.3 Å². The number of ether oxygens (including phenoxy) is 1. The standard InChI is InChI=1S/C26H30BN3O6S/c31-26(29-24(27(32)33)18-20-9-6-10-20)23(17-19-7-2-1-3-8-19)30-37(34,35)22-14-12-21(13-15-22)36-25-11-4-5-16-28-25/h1-5,7-8,11-16,20,23-24,30,32-33H,6,9-10,17-18H2,(H,29,31)/t23-,24-/m0/s1. The van der Waals surface area contributed by atoms with E-state index in [0.29, 0.717) is 24.0 Å². The van der Waals surface area contributed by atoms with Crippen molar-refractivity contribution in [3.63, 3.8) is 0 Å². The summed E-state index contributed by atoms with van der Waals surface area (Å²) in [5.41, 5.74) is 0.754. The normalized spacial score (nSPS) is 15.3. The smallest absolute Gasteiger partial charge is 0.439 e. The molecule has 1 aliphatic carbocycles. The average Bonchev–Trinajstić information content (AvgIpc) is 2.86. The summed E-state index contributed by atoms with van der Waals surface area (Å²) in [6, 6.07) is 18.8. The van der Waals surface area contributed by atoms with Crippen LogP contribution in [0, 0.1) is 5.92 Å². The SMILES string of the molecule is O=C(N[C@@H](CC1CCC1)B(O)O)[C@H](Cc1ccccc1)NS(=O)(=O)c1ccc(Oc2ccccn2)cc1. The van der Waals surface area contributed by atoms with Gasteiger partial charge in [0, 0.05) is 12.3 Å². The Morgan fingerprint density at radius 2 is 1.73 bits per heavy atom. The maximum atomic E-state index is 13.2. The molecule has 194 valence electrons. The molecule has 11 heteroatoms. The molecule has 0 spiro atoms. The third kappa shape index (κ3) is 7.62. The zero-order chi connectivity index (χ0) is 26.3. The van der Waals surface area contributed by atoms with Crippen molar-refractivity contribution in [2.45, 2.75) is 49.0 Å². The number of aromatic nitrogens is 1. The van der Waals surface area contributed by atoms with Gasteiger partial charge >= 0.3 is 7.12 Å². The van der Waals surface area contributed by atoms with E-state index < -0.39 is 35.0 Å². The molecule has 0 aliphatic heterocycles. The zero-order valence-corrected chi connectivity index (χ0v) is 21.0. The predicted molar refractivity (Wildman–Crippen MR) is 139 cm³/mol. The Kier molecular flexibility index (Phi) is 8.93. The predicted octanol–water partition coefficient (Wildman–Crippen LogP) is 2.45. The number of hydrogen-bond acceptors (Lipinski definition) is 7. The third-order valence-electron chi connectivity index (χ3n) is 6.39. The number of nitrogens with one attached hydrogen (secondary N) is 2. The monoisotopic (exact) mass is 523 g/mol. The molecule has 3 aromatic rings. The molecular weight excluding hydrogens is 493 g/mol. The number of carbonyl (C=O) groups is 1. The van der Waals surface area contributed by atoms with Crippen LogP contribution in [0.2, 0.25) is 0 Å². The summed E-state index contributed by atoms with van der Waals surface area (Å²) in [6.07, 6.45) is 5.12. The molecule has 2 aromatic carbocycles. The van der Waals surface area contributed by atoms with Crippen molar-refractivity contribution in [2.75, 3.05) is 0 Å². The van der Waals surface area contributed by atoms with Crippen LogP contribution in [0.1, 0.15) is 31.2 Å². The van der Waals surface area contributed by atoms with Crippen LogP contribution >= 0.6 is 0 Å². The van der Waals surface area contributed by atoms with Gasteiger partial charge in [0.15, 0.2) is 0 Å². The number of pyridine rings is 1. The number of rotatable bonds is 12. The lowest BCUT2D eigenvalue weighted by Gasteiger charge is -2.30. The Balaban J connectivity index is 1.49. The van der Waals surface area contributed by atoms with Crippen molar-refractivity contribution in [1.82, 2.24) is 15.0 Å². The van der Waals surface area contributed by atoms with Crippen molar-refractivity contribution >= 4 is 23.0 Å². The van der Waals surface area contributed by atoms with Gasteiger partial charge in [0.2, 0.25) is 21.8 Å². The molecule has 37 heavy (non-hydrogen) atoms. The van der Waals surface area contributed by atoms with Gasteiger partial charge in [-0.1, -0.05) is 55.7 Å². The first-order valence-corrected chi connectivity index (χ1v) is 13.7. The number of sulfonamides is 1. The Morgan fingerprint density at radius 3 is 2.32 bits per heavy atom. The number of nitrogens with zero attached hydrogens (tertiary/aromatic N) is 1. The highest BCUT2D eigenvalue weighted by Gasteiger charge is 2.34. The minimum Gasteiger partial charge on any atom is -0.439 e. The molecule has 1 aromatic heterocycles. The molecule has 0 bridgehead atoms. The second kappa shape index (κ2) is 12.3. The van der Waals surface area contributed by atoms with Gasteiger partial charge in [-0.15, -0.1) is 0 Å². The van der Waals surface area contributed by atoms with E-state index in [-0.39, 0.29) is 11.3 Å². The summed E-state index contributed by atoms with van der Waals surface area (Å²) in [6.45, 7) is 0. The van der Waals surface area contributed by atoms with Crippen LogP contribution < -0.4 is 14.8 Å². The molecular formula is C26H30BN3O6S. The molecule has 0 radical (unpaired) electrons. The second-order valence-corrected chi connectivity index (χ2v) is 10.9. The Bertz CT molecular complexity index is 1260. The summed E-state index contributed by atoms with van der Waals surface area (Å²) in [5, 5.41) is 22.3. The van der Waals surface area contributed by atoms with Gasteiger partial charge in [0.25, 0.3) is 0 Å². The van der Waals surface area contributed by atoms with Crippen molar-refractivity contribution in [3.8, 4) is 11.6 Å². The van der Waals surface area contributed by atoms with Gasteiger partial charge in [0.1, 0.15) is 11.8 Å². The van der Waals surface area contributed by atoms with E-state index in [1.165, 1.54) is 24.3 Å². The summed E-state index contributed by atoms with van der Waals surface area (Å²) < 4.78 is 34.5. The number of hydrogen-bond donors (Lipinski definition) is 4. The molecule has 9 nitrogen and oxygen atoms in total. The van der Waals surface area contributed by atoms with Gasteiger partial charge in [-0.25, -0.2) is 13.4 Å². The number of amides is 1. The lowest BCUT2D eigenvalue weighted by molar-refractivity contribution is -0.123. The highest BCUT2D eigenvalue weighted by atomic mass is 32.2. The number of carbonyl (C=O) groups excluding carboxylic acids is 1. The molecule has 1 heterocycles. The van der Waals surface area contributed by atoms with Gasteiger partial charge in [0.05, 0.1) is 10.8 Å². The first-order valence-electron chi connectivity index (χ1n) is 12.2. The van der Waals surface area contributed by atoms with Crippen molar-refractivity contribution in [2.24, 2.45) is 5.92 Å². The summed E-state index contributed by atoms with van der Waals surface area (Å²) in [4.78, 5) is 17.3. The van der Waals surface area contributed by atoms with E-state index in [1.807, 2.05) is 6.07 Å². The molecule has 1 amide bonds. The van der Waals surface area contributed by atoms with Crippen LogP contribution in [0.25, 0.3) is 0 Å². The van der Waals surface area contributed by atoms with Crippen molar-refractivity contribution < 1.29 is 28.0 Å². The van der Waals surface area contributed by atoms with Crippen LogP contribution in [0.3, 0.4) is 0 Å². The van der Waals surface area contributed by atoms with E-state index in [1.54, 1.807) is 48.7 Å². The van der Waals surface area contributed by atoms with Gasteiger partial charge in [-0.05, 0) is 54.7 Å². The summed E-state index contributed by atoms with van der Waals surface area (Å²) >= 11 is 0. The largest absolute Gasteiger partial charge is 0.475 e. The molecule has 0 unspecified atom stereocenters. The Hall–Kier alpha value is -3.25. The van der Waals surface area contributed by atoms with E-state index >= 15 is 0 Å². The van der Waals surface area contributed by atoms with Crippen molar-refractivity contribution in [1.29, 1.82) is 0 Å². The molecule has 1 aliphatic rings. The average molecular weight is 523 g/mol. The van der Waals surface area contributed by atoms with Gasteiger partial charge in [-0.3, -0.25) is 4.79 Å². The molecule has 1 saturated carbocycles. The van der Waals surface area contributed by atoms with Crippen LogP contribution in [0.15, 0.2) is 83.9 Å². The minimum absolute atomic E-state index is 0.0417. The first-order chi connectivity index (χ1) is 17.8. The lowest BCUT2D eigenvalue weighted by Crippen LogP contribution is -2.55. The highest BCUT2D eigenvalue weighted by Crippen LogP contribution is 2.30. The van der Waals surface area contributed by atoms with Crippen LogP contribution in [0.4, 0.5) is 0 Å². The first kappa shape index (κ1) is 26.8. The molecule has 1 fully saturated rings. The number of benzene rings is 2. The zero-order valence-electron chi connectivity index (χ0n) is 20.2. The fourth-order valence-electron chi connectivity index (χ4n) is 4.13. The third-order valence-corrected chi connectivity index (χ3v) is 7.88. The molecule has 0 saturated heterocycles. The van der Waals surface area contributed by atoms with Gasteiger partial charge < -0.3 is 20.1 Å². The summed E-state index contributed by atoms with van der Waals surface area (Å²) in [7, 11) is -5.84. The van der Waals surface area contributed by atoms with E-state index in [4.69, 9.17) is 4.74 Å². The van der Waals surface area contributed by atoms with Crippen LogP contribution in [-0.4, -0.2) is 48.5 Å². The van der Waals surface area contributed by atoms with Crippen LogP contribution in [0.5, 0.6) is 11.6 Å². The van der Waals surface area contributed by atoms with Crippen LogP contribution in [-0.2, 0) is 21.2 Å². The Morgan fingerprint density at radius 1 is 1.03 bits per heavy atom. The van der Waals surface area contributed by atoms with E-state index in [0.717, 1.165) is 24.8 Å². The fourth-order valence-corrected chi connectivity index (χ4v) is 5.33. The van der Waals surface area contributed by atoms with E-state index in [2.05, 4.69) is 15.0 Å². The van der Waals surface area contributed by atoms with Gasteiger partial charge in [-0.2, -0.15) is 4.72 Å². The molecule has 4 N–H and O–H groups in total.